The first kappa shape index (κ1) is 17.5. The molecule has 1 heterocycles. The Kier molecular flexibility index (Phi) is 5.07. The minimum atomic E-state index is -0.446. The fourth-order valence-corrected chi connectivity index (χ4v) is 3.03. The largest absolute Gasteiger partial charge is 0.419 e. The fourth-order valence-electron chi connectivity index (χ4n) is 3.03. The molecule has 140 valence electrons. The lowest BCUT2D eigenvalue weighted by molar-refractivity contribution is -0.116. The molecule has 3 aromatic rings. The van der Waals surface area contributed by atoms with Crippen LogP contribution >= 0.6 is 0 Å². The highest BCUT2D eigenvalue weighted by Crippen LogP contribution is 2.29. The summed E-state index contributed by atoms with van der Waals surface area (Å²) in [4.78, 5) is 24.2. The molecule has 0 aliphatic heterocycles. The summed E-state index contributed by atoms with van der Waals surface area (Å²) in [6.07, 6.45) is 2.72. The Labute approximate surface area is 156 Å². The predicted molar refractivity (Wildman–Crippen MR) is 103 cm³/mol. The Morgan fingerprint density at radius 3 is 2.89 bits per heavy atom. The van der Waals surface area contributed by atoms with E-state index in [4.69, 9.17) is 9.15 Å². The third-order valence-corrected chi connectivity index (χ3v) is 4.67. The molecule has 2 aromatic carbocycles. The number of fused-ring (bicyclic) bond motifs is 1. The molecular formula is C21H22N2O4. The Hall–Kier alpha value is -2.86. The molecule has 27 heavy (non-hydrogen) atoms. The maximum atomic E-state index is 12.3. The number of carbonyl (C=O) groups excluding carboxylic acids is 1. The number of rotatable bonds is 8. The second kappa shape index (κ2) is 7.80. The van der Waals surface area contributed by atoms with Crippen LogP contribution in [0.2, 0.25) is 0 Å². The number of nitrogens with one attached hydrogen (secondary N) is 1. The van der Waals surface area contributed by atoms with Crippen molar-refractivity contribution in [3.05, 3.63) is 64.6 Å². The molecule has 0 saturated heterocycles. The quantitative estimate of drug-likeness (QED) is 0.662. The van der Waals surface area contributed by atoms with Crippen LogP contribution in [0.15, 0.2) is 57.7 Å². The van der Waals surface area contributed by atoms with Gasteiger partial charge < -0.3 is 14.5 Å². The van der Waals surface area contributed by atoms with Gasteiger partial charge in [-0.2, -0.15) is 0 Å². The van der Waals surface area contributed by atoms with Crippen LogP contribution in [0, 0.1) is 5.92 Å². The Balaban J connectivity index is 1.33. The average molecular weight is 366 g/mol. The molecule has 1 N–H and O–H groups in total. The van der Waals surface area contributed by atoms with Gasteiger partial charge in [-0.25, -0.2) is 4.79 Å². The van der Waals surface area contributed by atoms with Crippen molar-refractivity contribution in [2.75, 3.05) is 11.9 Å². The fraction of sp³-hybridized carbons (Fsp3) is 0.333. The van der Waals surface area contributed by atoms with Crippen LogP contribution in [-0.4, -0.2) is 17.1 Å². The Morgan fingerprint density at radius 1 is 1.19 bits per heavy atom. The van der Waals surface area contributed by atoms with E-state index in [1.54, 1.807) is 6.07 Å². The van der Waals surface area contributed by atoms with Crippen LogP contribution in [0.25, 0.3) is 11.1 Å². The van der Waals surface area contributed by atoms with Crippen LogP contribution < -0.4 is 11.1 Å². The van der Waals surface area contributed by atoms with E-state index in [9.17, 15) is 9.59 Å². The number of anilines is 1. The third kappa shape index (κ3) is 4.46. The normalized spacial score (nSPS) is 13.8. The number of para-hydroxylation sites is 2. The minimum absolute atomic E-state index is 0.150. The van der Waals surface area contributed by atoms with Gasteiger partial charge in [-0.1, -0.05) is 24.3 Å². The molecule has 1 amide bonds. The SMILES string of the molecule is O=C(CCn1c(=O)oc2ccccc21)Nc1cccc(COCC2CC2)c1. The molecule has 1 aliphatic carbocycles. The molecule has 4 rings (SSSR count). The van der Waals surface area contributed by atoms with Gasteiger partial charge >= 0.3 is 5.76 Å². The summed E-state index contributed by atoms with van der Waals surface area (Å²) >= 11 is 0. The van der Waals surface area contributed by atoms with Crippen molar-refractivity contribution in [1.82, 2.24) is 4.57 Å². The van der Waals surface area contributed by atoms with Gasteiger partial charge in [-0.15, -0.1) is 0 Å². The number of aryl methyl sites for hydroxylation is 1. The van der Waals surface area contributed by atoms with E-state index in [2.05, 4.69) is 5.32 Å². The maximum absolute atomic E-state index is 12.3. The van der Waals surface area contributed by atoms with Gasteiger partial charge in [0.2, 0.25) is 5.91 Å². The van der Waals surface area contributed by atoms with Crippen molar-refractivity contribution in [3.8, 4) is 0 Å². The number of benzene rings is 2. The lowest BCUT2D eigenvalue weighted by Gasteiger charge is -2.08. The lowest BCUT2D eigenvalue weighted by atomic mass is 10.2. The summed E-state index contributed by atoms with van der Waals surface area (Å²) in [6.45, 7) is 1.63. The van der Waals surface area contributed by atoms with Gasteiger partial charge in [0.25, 0.3) is 0 Å². The van der Waals surface area contributed by atoms with Crippen LogP contribution in [0.4, 0.5) is 5.69 Å². The van der Waals surface area contributed by atoms with Crippen LogP contribution in [0.3, 0.4) is 0 Å². The zero-order valence-electron chi connectivity index (χ0n) is 15.0. The van der Waals surface area contributed by atoms with E-state index >= 15 is 0 Å². The van der Waals surface area contributed by atoms with Crippen molar-refractivity contribution in [2.45, 2.75) is 32.4 Å². The minimum Gasteiger partial charge on any atom is -0.408 e. The molecule has 1 aromatic heterocycles. The van der Waals surface area contributed by atoms with Gasteiger partial charge in [-0.3, -0.25) is 9.36 Å². The first-order valence-electron chi connectivity index (χ1n) is 9.24. The smallest absolute Gasteiger partial charge is 0.408 e. The first-order chi connectivity index (χ1) is 13.2. The van der Waals surface area contributed by atoms with Crippen molar-refractivity contribution in [2.24, 2.45) is 5.92 Å². The molecule has 1 aliphatic rings. The van der Waals surface area contributed by atoms with Gasteiger partial charge in [0.15, 0.2) is 5.58 Å². The number of oxazole rings is 1. The zero-order chi connectivity index (χ0) is 18.6. The molecule has 0 atom stereocenters. The van der Waals surface area contributed by atoms with Crippen LogP contribution in [0.5, 0.6) is 0 Å². The zero-order valence-corrected chi connectivity index (χ0v) is 15.0. The summed E-state index contributed by atoms with van der Waals surface area (Å²) in [7, 11) is 0. The molecule has 0 unspecified atom stereocenters. The van der Waals surface area contributed by atoms with Gasteiger partial charge in [0.05, 0.1) is 12.1 Å². The number of ether oxygens (including phenoxy) is 1. The molecule has 1 saturated carbocycles. The predicted octanol–water partition coefficient (Wildman–Crippen LogP) is 3.55. The molecule has 0 spiro atoms. The van der Waals surface area contributed by atoms with Crippen molar-refractivity contribution < 1.29 is 13.9 Å². The number of carbonyl (C=O) groups is 1. The number of aromatic nitrogens is 1. The second-order valence-electron chi connectivity index (χ2n) is 6.94. The van der Waals surface area contributed by atoms with E-state index in [1.807, 2.05) is 42.5 Å². The highest BCUT2D eigenvalue weighted by molar-refractivity contribution is 5.90. The highest BCUT2D eigenvalue weighted by atomic mass is 16.5. The summed E-state index contributed by atoms with van der Waals surface area (Å²) in [5.74, 6) is 0.136. The van der Waals surface area contributed by atoms with Crippen molar-refractivity contribution in [3.63, 3.8) is 0 Å². The number of nitrogens with zero attached hydrogens (tertiary/aromatic N) is 1. The highest BCUT2D eigenvalue weighted by Gasteiger charge is 2.21. The standard InChI is InChI=1S/C21H22N2O4/c24-20(10-11-23-18-6-1-2-7-19(18)27-21(23)25)22-17-5-3-4-16(12-17)14-26-13-15-8-9-15/h1-7,12,15H,8-11,13-14H2,(H,22,24). The molecule has 0 bridgehead atoms. The summed E-state index contributed by atoms with van der Waals surface area (Å²) in [6, 6.07) is 14.9. The number of amides is 1. The van der Waals surface area contributed by atoms with E-state index < -0.39 is 5.76 Å². The van der Waals surface area contributed by atoms with Crippen molar-refractivity contribution in [1.29, 1.82) is 0 Å². The third-order valence-electron chi connectivity index (χ3n) is 4.67. The Bertz CT molecular complexity index is 1000. The monoisotopic (exact) mass is 366 g/mol. The maximum Gasteiger partial charge on any atom is 0.419 e. The first-order valence-corrected chi connectivity index (χ1v) is 9.24. The summed E-state index contributed by atoms with van der Waals surface area (Å²) in [5, 5.41) is 2.88. The second-order valence-corrected chi connectivity index (χ2v) is 6.94. The van der Waals surface area contributed by atoms with Crippen LogP contribution in [-0.2, 0) is 22.7 Å². The number of hydrogen-bond donors (Lipinski definition) is 1. The summed E-state index contributed by atoms with van der Waals surface area (Å²) < 4.78 is 12.4. The topological polar surface area (TPSA) is 73.5 Å². The summed E-state index contributed by atoms with van der Waals surface area (Å²) in [5.41, 5.74) is 2.99. The molecule has 0 radical (unpaired) electrons. The van der Waals surface area contributed by atoms with Gasteiger partial charge in [0.1, 0.15) is 0 Å². The van der Waals surface area contributed by atoms with E-state index in [1.165, 1.54) is 17.4 Å². The van der Waals surface area contributed by atoms with Crippen molar-refractivity contribution >= 4 is 22.7 Å². The molecule has 6 nitrogen and oxygen atoms in total. The average Bonchev–Trinajstić information content (AvgIpc) is 3.42. The van der Waals surface area contributed by atoms with E-state index in [0.29, 0.717) is 17.7 Å². The van der Waals surface area contributed by atoms with Gasteiger partial charge in [0, 0.05) is 25.3 Å². The molecular weight excluding hydrogens is 344 g/mol. The van der Waals surface area contributed by atoms with E-state index in [-0.39, 0.29) is 18.9 Å². The van der Waals surface area contributed by atoms with Crippen LogP contribution in [0.1, 0.15) is 24.8 Å². The van der Waals surface area contributed by atoms with Gasteiger partial charge in [-0.05, 0) is 48.6 Å². The number of hydrogen-bond acceptors (Lipinski definition) is 4. The Morgan fingerprint density at radius 2 is 2.04 bits per heavy atom. The molecule has 1 fully saturated rings. The van der Waals surface area contributed by atoms with E-state index in [0.717, 1.165) is 23.8 Å². The lowest BCUT2D eigenvalue weighted by Crippen LogP contribution is -2.19. The molecule has 6 heteroatoms.